The number of nitrogens with one attached hydrogen (secondary N) is 1. The van der Waals surface area contributed by atoms with Gasteiger partial charge in [-0.15, -0.1) is 0 Å². The maximum absolute atomic E-state index is 10.6. The summed E-state index contributed by atoms with van der Waals surface area (Å²) in [5, 5.41) is 12.2. The predicted molar refractivity (Wildman–Crippen MR) is 71.7 cm³/mol. The molecule has 1 aliphatic heterocycles. The molecule has 0 amide bonds. The second kappa shape index (κ2) is 7.10. The topological polar surface area (TPSA) is 52.6 Å². The van der Waals surface area contributed by atoms with Crippen molar-refractivity contribution in [1.82, 2.24) is 10.2 Å². The molecular weight excluding hydrogens is 228 g/mol. The fourth-order valence-electron chi connectivity index (χ4n) is 3.30. The summed E-state index contributed by atoms with van der Waals surface area (Å²) in [4.78, 5) is 13.2. The van der Waals surface area contributed by atoms with E-state index in [1.54, 1.807) is 0 Å². The van der Waals surface area contributed by atoms with Crippen molar-refractivity contribution in [2.45, 2.75) is 63.5 Å². The van der Waals surface area contributed by atoms with Gasteiger partial charge in [0.1, 0.15) is 0 Å². The highest BCUT2D eigenvalue weighted by atomic mass is 16.4. The Balaban J connectivity index is 1.79. The molecule has 104 valence electrons. The van der Waals surface area contributed by atoms with Crippen molar-refractivity contribution in [2.24, 2.45) is 0 Å². The average Bonchev–Trinajstić information content (AvgIpc) is 2.65. The molecule has 2 aliphatic rings. The summed E-state index contributed by atoms with van der Waals surface area (Å²) in [6.07, 6.45) is 9.25. The van der Waals surface area contributed by atoms with Crippen molar-refractivity contribution in [3.8, 4) is 0 Å². The number of rotatable bonds is 4. The van der Waals surface area contributed by atoms with Crippen LogP contribution in [0.5, 0.6) is 0 Å². The van der Waals surface area contributed by atoms with E-state index in [-0.39, 0.29) is 6.42 Å². The Morgan fingerprint density at radius 3 is 2.61 bits per heavy atom. The fraction of sp³-hybridized carbons (Fsp3) is 0.929. The van der Waals surface area contributed by atoms with E-state index >= 15 is 0 Å². The first-order valence-electron chi connectivity index (χ1n) is 7.45. The molecule has 1 saturated heterocycles. The second-order valence-corrected chi connectivity index (χ2v) is 5.72. The zero-order valence-electron chi connectivity index (χ0n) is 11.2. The minimum Gasteiger partial charge on any atom is -0.481 e. The second-order valence-electron chi connectivity index (χ2n) is 5.72. The van der Waals surface area contributed by atoms with Crippen LogP contribution in [0.15, 0.2) is 0 Å². The molecule has 1 unspecified atom stereocenters. The zero-order valence-corrected chi connectivity index (χ0v) is 11.2. The van der Waals surface area contributed by atoms with E-state index < -0.39 is 5.97 Å². The summed E-state index contributed by atoms with van der Waals surface area (Å²) in [7, 11) is 0. The van der Waals surface area contributed by atoms with E-state index in [4.69, 9.17) is 5.11 Å². The number of piperazine rings is 1. The minimum absolute atomic E-state index is 0.288. The highest BCUT2D eigenvalue weighted by Gasteiger charge is 2.26. The third-order valence-electron chi connectivity index (χ3n) is 4.33. The van der Waals surface area contributed by atoms with Gasteiger partial charge >= 0.3 is 5.97 Å². The number of carboxylic acids is 1. The SMILES string of the molecule is O=C(O)CCC1CN(C2CCCCCC2)CCN1. The average molecular weight is 254 g/mol. The van der Waals surface area contributed by atoms with Gasteiger partial charge in [0, 0.05) is 38.1 Å². The molecule has 4 heteroatoms. The summed E-state index contributed by atoms with van der Waals surface area (Å²) in [5.41, 5.74) is 0. The summed E-state index contributed by atoms with van der Waals surface area (Å²) in [6.45, 7) is 3.19. The first-order valence-corrected chi connectivity index (χ1v) is 7.45. The van der Waals surface area contributed by atoms with Crippen molar-refractivity contribution in [3.63, 3.8) is 0 Å². The van der Waals surface area contributed by atoms with Crippen LogP contribution < -0.4 is 5.32 Å². The first kappa shape index (κ1) is 13.8. The van der Waals surface area contributed by atoms with Crippen molar-refractivity contribution >= 4 is 5.97 Å². The molecule has 1 aliphatic carbocycles. The molecule has 0 radical (unpaired) electrons. The lowest BCUT2D eigenvalue weighted by Gasteiger charge is -2.38. The number of carboxylic acid groups (broad SMARTS) is 1. The molecule has 1 atom stereocenters. The van der Waals surface area contributed by atoms with Gasteiger partial charge in [-0.25, -0.2) is 0 Å². The van der Waals surface area contributed by atoms with E-state index in [0.29, 0.717) is 6.04 Å². The molecular formula is C14H26N2O2. The summed E-state index contributed by atoms with van der Waals surface area (Å²) >= 11 is 0. The van der Waals surface area contributed by atoms with E-state index in [2.05, 4.69) is 10.2 Å². The Morgan fingerprint density at radius 1 is 1.22 bits per heavy atom. The van der Waals surface area contributed by atoms with Gasteiger partial charge < -0.3 is 10.4 Å². The van der Waals surface area contributed by atoms with Gasteiger partial charge in [-0.2, -0.15) is 0 Å². The zero-order chi connectivity index (χ0) is 12.8. The van der Waals surface area contributed by atoms with Crippen LogP contribution in [0.3, 0.4) is 0 Å². The molecule has 18 heavy (non-hydrogen) atoms. The summed E-state index contributed by atoms with van der Waals surface area (Å²) in [6, 6.07) is 1.13. The highest BCUT2D eigenvalue weighted by molar-refractivity contribution is 5.66. The monoisotopic (exact) mass is 254 g/mol. The van der Waals surface area contributed by atoms with Gasteiger partial charge in [0.15, 0.2) is 0 Å². The normalized spacial score (nSPS) is 27.9. The van der Waals surface area contributed by atoms with Gasteiger partial charge in [-0.3, -0.25) is 9.69 Å². The first-order chi connectivity index (χ1) is 8.75. The van der Waals surface area contributed by atoms with Gasteiger partial charge in [0.2, 0.25) is 0 Å². The lowest BCUT2D eigenvalue weighted by Crippen LogP contribution is -2.53. The Bertz CT molecular complexity index is 263. The van der Waals surface area contributed by atoms with Crippen molar-refractivity contribution in [1.29, 1.82) is 0 Å². The molecule has 2 N–H and O–H groups in total. The highest BCUT2D eigenvalue weighted by Crippen LogP contribution is 2.23. The third-order valence-corrected chi connectivity index (χ3v) is 4.33. The van der Waals surface area contributed by atoms with Gasteiger partial charge in [-0.05, 0) is 19.3 Å². The number of hydrogen-bond donors (Lipinski definition) is 2. The van der Waals surface area contributed by atoms with Crippen molar-refractivity contribution in [2.75, 3.05) is 19.6 Å². The van der Waals surface area contributed by atoms with Crippen LogP contribution in [-0.2, 0) is 4.79 Å². The molecule has 2 rings (SSSR count). The fourth-order valence-corrected chi connectivity index (χ4v) is 3.30. The van der Waals surface area contributed by atoms with E-state index in [1.165, 1.54) is 38.5 Å². The minimum atomic E-state index is -0.677. The molecule has 0 aromatic rings. The third kappa shape index (κ3) is 4.25. The predicted octanol–water partition coefficient (Wildman–Crippen LogP) is 1.85. The number of nitrogens with zero attached hydrogens (tertiary/aromatic N) is 1. The van der Waals surface area contributed by atoms with Crippen molar-refractivity contribution < 1.29 is 9.90 Å². The smallest absolute Gasteiger partial charge is 0.303 e. The maximum Gasteiger partial charge on any atom is 0.303 e. The van der Waals surface area contributed by atoms with Gasteiger partial charge in [0.25, 0.3) is 0 Å². The van der Waals surface area contributed by atoms with Crippen LogP contribution in [0.25, 0.3) is 0 Å². The lowest BCUT2D eigenvalue weighted by molar-refractivity contribution is -0.137. The molecule has 4 nitrogen and oxygen atoms in total. The number of hydrogen-bond acceptors (Lipinski definition) is 3. The standard InChI is InChI=1S/C14H26N2O2/c17-14(18)8-7-12-11-16(10-9-15-12)13-5-3-1-2-4-6-13/h12-13,15H,1-11H2,(H,17,18). The van der Waals surface area contributed by atoms with Crippen LogP contribution in [-0.4, -0.2) is 47.7 Å². The molecule has 0 bridgehead atoms. The lowest BCUT2D eigenvalue weighted by atomic mass is 10.0. The van der Waals surface area contributed by atoms with E-state index in [1.807, 2.05) is 0 Å². The summed E-state index contributed by atoms with van der Waals surface area (Å²) in [5.74, 6) is -0.677. The summed E-state index contributed by atoms with van der Waals surface area (Å²) < 4.78 is 0. The molecule has 1 saturated carbocycles. The Hall–Kier alpha value is -0.610. The van der Waals surface area contributed by atoms with Crippen LogP contribution in [0.4, 0.5) is 0 Å². The maximum atomic E-state index is 10.6. The molecule has 2 fully saturated rings. The Kier molecular flexibility index (Phi) is 5.45. The Morgan fingerprint density at radius 2 is 1.94 bits per heavy atom. The van der Waals surface area contributed by atoms with Gasteiger partial charge in [0.05, 0.1) is 0 Å². The Labute approximate surface area is 110 Å². The van der Waals surface area contributed by atoms with Crippen LogP contribution in [0, 0.1) is 0 Å². The number of aliphatic carboxylic acids is 1. The molecule has 1 heterocycles. The van der Waals surface area contributed by atoms with Gasteiger partial charge in [-0.1, -0.05) is 25.7 Å². The van der Waals surface area contributed by atoms with Crippen LogP contribution >= 0.6 is 0 Å². The molecule has 0 aromatic carbocycles. The van der Waals surface area contributed by atoms with E-state index in [9.17, 15) is 4.79 Å². The van der Waals surface area contributed by atoms with Crippen LogP contribution in [0.2, 0.25) is 0 Å². The quantitative estimate of drug-likeness (QED) is 0.752. The van der Waals surface area contributed by atoms with Crippen molar-refractivity contribution in [3.05, 3.63) is 0 Å². The molecule has 0 spiro atoms. The van der Waals surface area contributed by atoms with E-state index in [0.717, 1.165) is 32.1 Å². The largest absolute Gasteiger partial charge is 0.481 e. The molecule has 0 aromatic heterocycles. The number of carbonyl (C=O) groups is 1. The van der Waals surface area contributed by atoms with Crippen LogP contribution in [0.1, 0.15) is 51.4 Å².